The predicted octanol–water partition coefficient (Wildman–Crippen LogP) is 5.32. The smallest absolute Gasteiger partial charge is 0.257 e. The third-order valence-electron chi connectivity index (χ3n) is 3.91. The van der Waals surface area contributed by atoms with E-state index in [0.29, 0.717) is 5.56 Å². The van der Waals surface area contributed by atoms with E-state index in [9.17, 15) is 4.79 Å². The number of benzene rings is 2. The van der Waals surface area contributed by atoms with Crippen LogP contribution >= 0.6 is 22.6 Å². The molecule has 0 atom stereocenters. The molecule has 2 aromatic carbocycles. The highest BCUT2D eigenvalue weighted by Crippen LogP contribution is 2.26. The molecule has 1 amide bonds. The normalized spacial score (nSPS) is 11.7. The molecule has 118 valence electrons. The van der Waals surface area contributed by atoms with Crippen LogP contribution in [0.3, 0.4) is 0 Å². The number of fused-ring (bicyclic) bond motifs is 1. The Balaban J connectivity index is 1.86. The highest BCUT2D eigenvalue weighted by Gasteiger charge is 2.16. The van der Waals surface area contributed by atoms with E-state index in [2.05, 4.69) is 65.8 Å². The molecule has 0 bridgehead atoms. The lowest BCUT2D eigenvalue weighted by Crippen LogP contribution is -2.13. The molecule has 2 N–H and O–H groups in total. The second-order valence-corrected chi connectivity index (χ2v) is 7.81. The lowest BCUT2D eigenvalue weighted by molar-refractivity contribution is 0.102. The van der Waals surface area contributed by atoms with Crippen molar-refractivity contribution in [1.29, 1.82) is 0 Å². The SMILES string of the molecule is CC(C)(C)c1ccc(NC(=O)c2c[nH]c3cccc(I)c23)cc1. The zero-order chi connectivity index (χ0) is 16.6. The number of aromatic nitrogens is 1. The Kier molecular flexibility index (Phi) is 4.19. The van der Waals surface area contributed by atoms with Gasteiger partial charge in [0.2, 0.25) is 0 Å². The molecule has 1 heterocycles. The number of amides is 1. The number of halogens is 1. The molecule has 0 saturated heterocycles. The van der Waals surface area contributed by atoms with Gasteiger partial charge in [0.25, 0.3) is 5.91 Å². The fraction of sp³-hybridized carbons (Fsp3) is 0.211. The fourth-order valence-corrected chi connectivity index (χ4v) is 3.36. The van der Waals surface area contributed by atoms with Crippen molar-refractivity contribution in [2.24, 2.45) is 0 Å². The second kappa shape index (κ2) is 6.00. The number of carbonyl (C=O) groups excluding carboxylic acids is 1. The number of hydrogen-bond donors (Lipinski definition) is 2. The first kappa shape index (κ1) is 16.1. The van der Waals surface area contributed by atoms with Crippen LogP contribution in [0.2, 0.25) is 0 Å². The minimum atomic E-state index is -0.0936. The summed E-state index contributed by atoms with van der Waals surface area (Å²) >= 11 is 2.26. The summed E-state index contributed by atoms with van der Waals surface area (Å²) in [4.78, 5) is 15.7. The van der Waals surface area contributed by atoms with Crippen molar-refractivity contribution in [3.8, 4) is 0 Å². The van der Waals surface area contributed by atoms with Gasteiger partial charge in [-0.25, -0.2) is 0 Å². The minimum Gasteiger partial charge on any atom is -0.360 e. The molecule has 0 spiro atoms. The molecule has 0 aliphatic carbocycles. The summed E-state index contributed by atoms with van der Waals surface area (Å²) in [5, 5.41) is 3.95. The van der Waals surface area contributed by atoms with Crippen molar-refractivity contribution in [1.82, 2.24) is 4.98 Å². The zero-order valence-corrected chi connectivity index (χ0v) is 15.6. The lowest BCUT2D eigenvalue weighted by Gasteiger charge is -2.19. The lowest BCUT2D eigenvalue weighted by atomic mass is 9.87. The third-order valence-corrected chi connectivity index (χ3v) is 4.81. The Morgan fingerprint density at radius 2 is 1.78 bits per heavy atom. The Hall–Kier alpha value is -1.82. The average molecular weight is 418 g/mol. The molecule has 3 aromatic rings. The second-order valence-electron chi connectivity index (χ2n) is 6.65. The Morgan fingerprint density at radius 1 is 1.09 bits per heavy atom. The van der Waals surface area contributed by atoms with Gasteiger partial charge in [-0.3, -0.25) is 4.79 Å². The maximum Gasteiger partial charge on any atom is 0.257 e. The summed E-state index contributed by atoms with van der Waals surface area (Å²) in [5.41, 5.74) is 3.81. The van der Waals surface area contributed by atoms with Crippen LogP contribution in [0, 0.1) is 3.57 Å². The first-order chi connectivity index (χ1) is 10.9. The standard InChI is InChI=1S/C19H19IN2O/c1-19(2,3)12-7-9-13(10-8-12)22-18(23)14-11-21-16-6-4-5-15(20)17(14)16/h4-11,21H,1-3H3,(H,22,23). The molecule has 3 rings (SSSR count). The molecule has 0 saturated carbocycles. The molecule has 0 unspecified atom stereocenters. The Morgan fingerprint density at radius 3 is 2.43 bits per heavy atom. The van der Waals surface area contributed by atoms with Crippen LogP contribution in [0.15, 0.2) is 48.7 Å². The van der Waals surface area contributed by atoms with Crippen LogP contribution in [-0.2, 0) is 5.41 Å². The van der Waals surface area contributed by atoms with Crippen LogP contribution in [0.25, 0.3) is 10.9 Å². The Bertz CT molecular complexity index is 857. The number of anilines is 1. The maximum atomic E-state index is 12.6. The van der Waals surface area contributed by atoms with Crippen LogP contribution in [-0.4, -0.2) is 10.9 Å². The number of hydrogen-bond acceptors (Lipinski definition) is 1. The fourth-order valence-electron chi connectivity index (χ4n) is 2.57. The molecule has 0 aliphatic heterocycles. The summed E-state index contributed by atoms with van der Waals surface area (Å²) in [6.07, 6.45) is 1.77. The predicted molar refractivity (Wildman–Crippen MR) is 104 cm³/mol. The summed E-state index contributed by atoms with van der Waals surface area (Å²) in [5.74, 6) is -0.0936. The summed E-state index contributed by atoms with van der Waals surface area (Å²) < 4.78 is 1.06. The van der Waals surface area contributed by atoms with Gasteiger partial charge in [0, 0.05) is 26.4 Å². The number of H-pyrrole nitrogens is 1. The van der Waals surface area contributed by atoms with Crippen molar-refractivity contribution in [2.75, 3.05) is 5.32 Å². The van der Waals surface area contributed by atoms with Gasteiger partial charge in [-0.1, -0.05) is 39.0 Å². The van der Waals surface area contributed by atoms with Gasteiger partial charge in [0.1, 0.15) is 0 Å². The van der Waals surface area contributed by atoms with Crippen LogP contribution in [0.1, 0.15) is 36.7 Å². The highest BCUT2D eigenvalue weighted by molar-refractivity contribution is 14.1. The van der Waals surface area contributed by atoms with Gasteiger partial charge >= 0.3 is 0 Å². The molecule has 23 heavy (non-hydrogen) atoms. The van der Waals surface area contributed by atoms with E-state index in [-0.39, 0.29) is 11.3 Å². The molecule has 1 aromatic heterocycles. The van der Waals surface area contributed by atoms with Crippen molar-refractivity contribution in [3.63, 3.8) is 0 Å². The van der Waals surface area contributed by atoms with Crippen molar-refractivity contribution >= 4 is 45.1 Å². The molecular formula is C19H19IN2O. The number of rotatable bonds is 2. The quantitative estimate of drug-likeness (QED) is 0.544. The zero-order valence-electron chi connectivity index (χ0n) is 13.4. The first-order valence-corrected chi connectivity index (χ1v) is 8.61. The molecule has 4 heteroatoms. The number of aromatic amines is 1. The van der Waals surface area contributed by atoms with Gasteiger partial charge in [-0.15, -0.1) is 0 Å². The van der Waals surface area contributed by atoms with Gasteiger partial charge < -0.3 is 10.3 Å². The van der Waals surface area contributed by atoms with Crippen LogP contribution in [0.5, 0.6) is 0 Å². The van der Waals surface area contributed by atoms with E-state index in [0.717, 1.165) is 20.2 Å². The van der Waals surface area contributed by atoms with Crippen molar-refractivity contribution in [3.05, 3.63) is 63.4 Å². The molecule has 0 aliphatic rings. The minimum absolute atomic E-state index is 0.0936. The largest absolute Gasteiger partial charge is 0.360 e. The van der Waals surface area contributed by atoms with Gasteiger partial charge in [-0.05, 0) is 57.8 Å². The maximum absolute atomic E-state index is 12.6. The van der Waals surface area contributed by atoms with Crippen molar-refractivity contribution < 1.29 is 4.79 Å². The summed E-state index contributed by atoms with van der Waals surface area (Å²) in [6.45, 7) is 6.53. The number of carbonyl (C=O) groups is 1. The monoisotopic (exact) mass is 418 g/mol. The molecule has 3 nitrogen and oxygen atoms in total. The van der Waals surface area contributed by atoms with Gasteiger partial charge in [0.15, 0.2) is 0 Å². The van der Waals surface area contributed by atoms with Crippen LogP contribution in [0.4, 0.5) is 5.69 Å². The number of nitrogens with one attached hydrogen (secondary N) is 2. The van der Waals surface area contributed by atoms with Crippen molar-refractivity contribution in [2.45, 2.75) is 26.2 Å². The van der Waals surface area contributed by atoms with Gasteiger partial charge in [0.05, 0.1) is 5.56 Å². The van der Waals surface area contributed by atoms with E-state index >= 15 is 0 Å². The summed E-state index contributed by atoms with van der Waals surface area (Å²) in [7, 11) is 0. The average Bonchev–Trinajstić information content (AvgIpc) is 2.92. The van der Waals surface area contributed by atoms with Crippen LogP contribution < -0.4 is 5.32 Å². The van der Waals surface area contributed by atoms with E-state index in [1.165, 1.54) is 5.56 Å². The topological polar surface area (TPSA) is 44.9 Å². The molecule has 0 fully saturated rings. The van der Waals surface area contributed by atoms with E-state index in [1.54, 1.807) is 6.20 Å². The Labute approximate surface area is 149 Å². The van der Waals surface area contributed by atoms with E-state index in [4.69, 9.17) is 0 Å². The van der Waals surface area contributed by atoms with E-state index < -0.39 is 0 Å². The molecular weight excluding hydrogens is 399 g/mol. The first-order valence-electron chi connectivity index (χ1n) is 7.54. The molecule has 0 radical (unpaired) electrons. The van der Waals surface area contributed by atoms with Gasteiger partial charge in [-0.2, -0.15) is 0 Å². The summed E-state index contributed by atoms with van der Waals surface area (Å²) in [6, 6.07) is 14.0. The third kappa shape index (κ3) is 3.27. The highest BCUT2D eigenvalue weighted by atomic mass is 127. The van der Waals surface area contributed by atoms with E-state index in [1.807, 2.05) is 30.3 Å².